The number of aryl methyl sites for hydroxylation is 2. The third-order valence-electron chi connectivity index (χ3n) is 6.04. The van der Waals surface area contributed by atoms with E-state index >= 15 is 0 Å². The monoisotopic (exact) mass is 432 g/mol. The largest absolute Gasteiger partial charge is 0.368 e. The Morgan fingerprint density at radius 3 is 2.50 bits per heavy atom. The lowest BCUT2D eigenvalue weighted by molar-refractivity contribution is 0.313. The van der Waals surface area contributed by atoms with E-state index in [1.165, 1.54) is 6.20 Å². The quantitative estimate of drug-likeness (QED) is 0.530. The molecule has 0 atom stereocenters. The highest BCUT2D eigenvalue weighted by Gasteiger charge is 2.17. The molecule has 0 aliphatic carbocycles. The summed E-state index contributed by atoms with van der Waals surface area (Å²) in [6.45, 7) is 8.04. The zero-order valence-electron chi connectivity index (χ0n) is 18.4. The predicted octanol–water partition coefficient (Wildman–Crippen LogP) is 3.44. The number of pyridine rings is 2. The predicted molar refractivity (Wildman–Crippen MR) is 123 cm³/mol. The van der Waals surface area contributed by atoms with Gasteiger partial charge in [-0.1, -0.05) is 6.07 Å². The Labute approximate surface area is 185 Å². The van der Waals surface area contributed by atoms with Crippen LogP contribution in [0.4, 0.5) is 21.8 Å². The molecule has 5 heterocycles. The lowest BCUT2D eigenvalue weighted by Crippen LogP contribution is -2.44. The van der Waals surface area contributed by atoms with Gasteiger partial charge in [-0.15, -0.1) is 0 Å². The molecule has 164 valence electrons. The second-order valence-electron chi connectivity index (χ2n) is 8.16. The second kappa shape index (κ2) is 8.16. The Balaban J connectivity index is 1.39. The highest BCUT2D eigenvalue weighted by atomic mass is 19.1. The van der Waals surface area contributed by atoms with Crippen LogP contribution in [0, 0.1) is 19.7 Å². The van der Waals surface area contributed by atoms with E-state index in [2.05, 4.69) is 42.2 Å². The van der Waals surface area contributed by atoms with Gasteiger partial charge in [-0.05, 0) is 44.7 Å². The lowest BCUT2D eigenvalue weighted by atomic mass is 10.1. The van der Waals surface area contributed by atoms with Crippen molar-refractivity contribution in [1.29, 1.82) is 0 Å². The van der Waals surface area contributed by atoms with Crippen LogP contribution in [-0.4, -0.2) is 62.7 Å². The van der Waals surface area contributed by atoms with E-state index in [4.69, 9.17) is 0 Å². The summed E-state index contributed by atoms with van der Waals surface area (Å²) in [5.74, 6) is 0.387. The van der Waals surface area contributed by atoms with Crippen molar-refractivity contribution in [2.75, 3.05) is 43.4 Å². The number of anilines is 3. The molecular weight excluding hydrogens is 407 g/mol. The molecule has 9 heteroatoms. The summed E-state index contributed by atoms with van der Waals surface area (Å²) in [5.41, 5.74) is 4.83. The Kier molecular flexibility index (Phi) is 5.18. The van der Waals surface area contributed by atoms with Gasteiger partial charge in [0.15, 0.2) is 5.82 Å². The number of hydrogen-bond donors (Lipinski definition) is 1. The van der Waals surface area contributed by atoms with Gasteiger partial charge in [-0.2, -0.15) is 5.10 Å². The minimum Gasteiger partial charge on any atom is -0.368 e. The number of piperazine rings is 1. The number of aromatic nitrogens is 5. The Morgan fingerprint density at radius 2 is 1.75 bits per heavy atom. The molecule has 8 nitrogen and oxygen atoms in total. The fraction of sp³-hybridized carbons (Fsp3) is 0.304. The van der Waals surface area contributed by atoms with E-state index in [0.29, 0.717) is 11.4 Å². The number of rotatable bonds is 4. The third-order valence-corrected chi connectivity index (χ3v) is 6.04. The molecule has 1 aliphatic heterocycles. The van der Waals surface area contributed by atoms with E-state index in [0.717, 1.165) is 48.6 Å². The maximum absolute atomic E-state index is 14.7. The molecule has 4 aromatic rings. The van der Waals surface area contributed by atoms with Gasteiger partial charge in [0.05, 0.1) is 29.8 Å². The lowest BCUT2D eigenvalue weighted by Gasteiger charge is -2.33. The summed E-state index contributed by atoms with van der Waals surface area (Å²) in [6, 6.07) is 7.85. The van der Waals surface area contributed by atoms with Gasteiger partial charge < -0.3 is 15.1 Å². The molecule has 0 amide bonds. The third kappa shape index (κ3) is 3.75. The average Bonchev–Trinajstić information content (AvgIpc) is 3.23. The first-order chi connectivity index (χ1) is 15.5. The van der Waals surface area contributed by atoms with E-state index in [1.54, 1.807) is 10.7 Å². The van der Waals surface area contributed by atoms with Crippen LogP contribution in [0.2, 0.25) is 0 Å². The standard InChI is InChI=1S/C23H25FN8/c1-15-4-6-20-18(13-27-32(20)16(15)2)22-19(24)14-26-23(29-22)28-21-7-5-17(12-25-21)31-10-8-30(3)9-11-31/h4-7,12-14H,8-11H2,1-3H3,(H,25,26,28,29). The van der Waals surface area contributed by atoms with Crippen LogP contribution in [0.1, 0.15) is 11.3 Å². The molecule has 0 aromatic carbocycles. The average molecular weight is 433 g/mol. The minimum atomic E-state index is -0.498. The van der Waals surface area contributed by atoms with E-state index < -0.39 is 5.82 Å². The highest BCUT2D eigenvalue weighted by Crippen LogP contribution is 2.28. The number of hydrogen-bond acceptors (Lipinski definition) is 7. The first-order valence-electron chi connectivity index (χ1n) is 10.6. The van der Waals surface area contributed by atoms with Crippen LogP contribution < -0.4 is 10.2 Å². The van der Waals surface area contributed by atoms with E-state index in [1.807, 2.05) is 44.3 Å². The summed E-state index contributed by atoms with van der Waals surface area (Å²) < 4.78 is 16.5. The van der Waals surface area contributed by atoms with Crippen LogP contribution in [0.3, 0.4) is 0 Å². The fourth-order valence-corrected chi connectivity index (χ4v) is 3.90. The van der Waals surface area contributed by atoms with E-state index in [-0.39, 0.29) is 11.6 Å². The first kappa shape index (κ1) is 20.3. The van der Waals surface area contributed by atoms with Crippen molar-refractivity contribution in [3.8, 4) is 11.3 Å². The maximum atomic E-state index is 14.7. The van der Waals surface area contributed by atoms with Crippen molar-refractivity contribution in [3.63, 3.8) is 0 Å². The molecule has 1 N–H and O–H groups in total. The van der Waals surface area contributed by atoms with Crippen LogP contribution in [0.5, 0.6) is 0 Å². The Morgan fingerprint density at radius 1 is 0.938 bits per heavy atom. The summed E-state index contributed by atoms with van der Waals surface area (Å²) in [5, 5.41) is 7.50. The molecule has 0 bridgehead atoms. The van der Waals surface area contributed by atoms with Crippen molar-refractivity contribution in [2.45, 2.75) is 13.8 Å². The van der Waals surface area contributed by atoms with Crippen molar-refractivity contribution in [1.82, 2.24) is 29.5 Å². The van der Waals surface area contributed by atoms with Gasteiger partial charge in [0.2, 0.25) is 5.95 Å². The normalized spacial score (nSPS) is 14.8. The topological polar surface area (TPSA) is 74.5 Å². The summed E-state index contributed by atoms with van der Waals surface area (Å²) in [6.07, 6.45) is 4.66. The van der Waals surface area contributed by atoms with Gasteiger partial charge in [0.25, 0.3) is 0 Å². The Hall–Kier alpha value is -3.59. The number of nitrogens with one attached hydrogen (secondary N) is 1. The number of fused-ring (bicyclic) bond motifs is 1. The molecular formula is C23H25FN8. The summed E-state index contributed by atoms with van der Waals surface area (Å²) in [7, 11) is 2.13. The molecule has 1 aliphatic rings. The molecule has 32 heavy (non-hydrogen) atoms. The molecule has 0 saturated carbocycles. The smallest absolute Gasteiger partial charge is 0.229 e. The van der Waals surface area contributed by atoms with Gasteiger partial charge in [0, 0.05) is 37.4 Å². The van der Waals surface area contributed by atoms with E-state index in [9.17, 15) is 4.39 Å². The fourth-order valence-electron chi connectivity index (χ4n) is 3.90. The number of halogens is 1. The molecule has 4 aromatic heterocycles. The zero-order chi connectivity index (χ0) is 22.2. The first-order valence-corrected chi connectivity index (χ1v) is 10.6. The zero-order valence-corrected chi connectivity index (χ0v) is 18.4. The highest BCUT2D eigenvalue weighted by molar-refractivity contribution is 5.78. The number of nitrogens with zero attached hydrogens (tertiary/aromatic N) is 7. The molecule has 1 fully saturated rings. The molecule has 0 spiro atoms. The SMILES string of the molecule is Cc1ccc2c(-c3nc(Nc4ccc(N5CCN(C)CC5)cn4)ncc3F)cnn2c1C. The van der Waals surface area contributed by atoms with Crippen LogP contribution in [0.15, 0.2) is 42.9 Å². The van der Waals surface area contributed by atoms with Crippen LogP contribution in [-0.2, 0) is 0 Å². The molecule has 0 unspecified atom stereocenters. The maximum Gasteiger partial charge on any atom is 0.229 e. The van der Waals surface area contributed by atoms with Gasteiger partial charge in [-0.25, -0.2) is 23.9 Å². The molecule has 0 radical (unpaired) electrons. The van der Waals surface area contributed by atoms with Crippen LogP contribution >= 0.6 is 0 Å². The summed E-state index contributed by atoms with van der Waals surface area (Å²) in [4.78, 5) is 17.7. The number of likely N-dealkylation sites (N-methyl/N-ethyl adjacent to an activating group) is 1. The summed E-state index contributed by atoms with van der Waals surface area (Å²) >= 11 is 0. The van der Waals surface area contributed by atoms with Gasteiger partial charge >= 0.3 is 0 Å². The van der Waals surface area contributed by atoms with Gasteiger partial charge in [-0.3, -0.25) is 0 Å². The van der Waals surface area contributed by atoms with Crippen molar-refractivity contribution >= 4 is 23.0 Å². The van der Waals surface area contributed by atoms with Crippen molar-refractivity contribution in [3.05, 3.63) is 59.9 Å². The second-order valence-corrected chi connectivity index (χ2v) is 8.16. The van der Waals surface area contributed by atoms with Gasteiger partial charge in [0.1, 0.15) is 11.5 Å². The molecule has 1 saturated heterocycles. The van der Waals surface area contributed by atoms with Crippen molar-refractivity contribution < 1.29 is 4.39 Å². The van der Waals surface area contributed by atoms with Crippen LogP contribution in [0.25, 0.3) is 16.8 Å². The Bertz CT molecular complexity index is 1260. The molecule has 5 rings (SSSR count). The van der Waals surface area contributed by atoms with Crippen molar-refractivity contribution in [2.24, 2.45) is 0 Å². The minimum absolute atomic E-state index is 0.204.